The van der Waals surface area contributed by atoms with Crippen molar-refractivity contribution in [2.75, 3.05) is 7.11 Å². The van der Waals surface area contributed by atoms with E-state index < -0.39 is 40.7 Å². The molecule has 5 atom stereocenters. The number of benzene rings is 1. The van der Waals surface area contributed by atoms with E-state index in [1.165, 1.54) is 7.11 Å². The van der Waals surface area contributed by atoms with Crippen molar-refractivity contribution in [1.29, 1.82) is 0 Å². The van der Waals surface area contributed by atoms with Crippen molar-refractivity contribution in [3.8, 4) is 17.0 Å². The Morgan fingerprint density at radius 1 is 1.17 bits per heavy atom. The lowest BCUT2D eigenvalue weighted by Crippen LogP contribution is -2.47. The van der Waals surface area contributed by atoms with Crippen LogP contribution in [-0.2, 0) is 0 Å². The number of nitrogens with zero attached hydrogens (tertiary/aromatic N) is 2. The van der Waals surface area contributed by atoms with Gasteiger partial charge in [0, 0.05) is 42.2 Å². The summed E-state index contributed by atoms with van der Waals surface area (Å²) in [6, 6.07) is 3.54. The molecule has 1 fully saturated rings. The Kier molecular flexibility index (Phi) is 7.23. The second-order valence-corrected chi connectivity index (χ2v) is 9.07. The van der Waals surface area contributed by atoms with Crippen LogP contribution < -0.4 is 15.8 Å². The van der Waals surface area contributed by atoms with Gasteiger partial charge < -0.3 is 20.9 Å². The monoisotopic (exact) mass is 488 g/mol. The van der Waals surface area contributed by atoms with E-state index >= 15 is 0 Å². The zero-order valence-electron chi connectivity index (χ0n) is 19.3. The van der Waals surface area contributed by atoms with E-state index in [2.05, 4.69) is 15.3 Å². The Labute approximate surface area is 200 Å². The van der Waals surface area contributed by atoms with Crippen molar-refractivity contribution in [3.05, 3.63) is 59.3 Å². The van der Waals surface area contributed by atoms with Crippen molar-refractivity contribution in [2.24, 2.45) is 28.5 Å². The van der Waals surface area contributed by atoms with Crippen LogP contribution in [0, 0.1) is 35.2 Å². The van der Waals surface area contributed by atoms with Gasteiger partial charge >= 0.3 is 0 Å². The maximum Gasteiger partial charge on any atom is 0.274 e. The maximum atomic E-state index is 14.5. The molecule has 2 heterocycles. The van der Waals surface area contributed by atoms with Gasteiger partial charge in [0.1, 0.15) is 34.6 Å². The summed E-state index contributed by atoms with van der Waals surface area (Å²) in [5, 5.41) is 13.0. The Morgan fingerprint density at radius 2 is 1.89 bits per heavy atom. The van der Waals surface area contributed by atoms with Gasteiger partial charge in [0.25, 0.3) is 5.91 Å². The highest BCUT2D eigenvalue weighted by Gasteiger charge is 2.38. The van der Waals surface area contributed by atoms with Crippen LogP contribution in [0.5, 0.6) is 5.75 Å². The first-order valence-electron chi connectivity index (χ1n) is 11.4. The van der Waals surface area contributed by atoms with E-state index in [4.69, 9.17) is 10.5 Å². The van der Waals surface area contributed by atoms with Crippen molar-refractivity contribution < 1.29 is 27.8 Å². The number of carbonyl (C=O) groups is 1. The van der Waals surface area contributed by atoms with Crippen molar-refractivity contribution >= 4 is 12.1 Å². The number of ether oxygens (including phenoxy) is 1. The third-order valence-corrected chi connectivity index (χ3v) is 6.74. The van der Waals surface area contributed by atoms with E-state index in [1.807, 2.05) is 6.92 Å². The van der Waals surface area contributed by atoms with E-state index in [0.29, 0.717) is 18.5 Å². The Bertz CT molecular complexity index is 1150. The predicted octanol–water partition coefficient (Wildman–Crippen LogP) is 3.57. The van der Waals surface area contributed by atoms with Gasteiger partial charge in [-0.25, -0.2) is 18.2 Å². The van der Waals surface area contributed by atoms with Gasteiger partial charge in [-0.15, -0.1) is 0 Å². The van der Waals surface area contributed by atoms with Crippen LogP contribution in [0.3, 0.4) is 0 Å². The number of halogens is 3. The third-order valence-electron chi connectivity index (χ3n) is 6.74. The molecule has 1 saturated carbocycles. The molecule has 35 heavy (non-hydrogen) atoms. The van der Waals surface area contributed by atoms with Gasteiger partial charge in [0.05, 0.1) is 18.8 Å². The molecular weight excluding hydrogens is 461 g/mol. The number of pyridine rings is 1. The minimum Gasteiger partial charge on any atom is -0.497 e. The molecule has 2 aromatic rings. The van der Waals surface area contributed by atoms with E-state index in [9.17, 15) is 23.1 Å². The number of hydrogen-bond donors (Lipinski definition) is 3. The van der Waals surface area contributed by atoms with E-state index in [-0.39, 0.29) is 35.2 Å². The van der Waals surface area contributed by atoms with Gasteiger partial charge in [0.15, 0.2) is 0 Å². The first kappa shape index (κ1) is 24.9. The van der Waals surface area contributed by atoms with Crippen LogP contribution in [0.1, 0.15) is 36.7 Å². The Morgan fingerprint density at radius 3 is 2.54 bits per heavy atom. The fourth-order valence-electron chi connectivity index (χ4n) is 4.89. The summed E-state index contributed by atoms with van der Waals surface area (Å²) in [5.41, 5.74) is 5.15. The Hall–Kier alpha value is -3.24. The van der Waals surface area contributed by atoms with Gasteiger partial charge in [-0.2, -0.15) is 0 Å². The standard InChI is InChI=1S/C25H27F3N4O3/c1-12-7-13(8-19(29)24(12)33)15-5-6-30-11-21(15)32-25(34)20-4-3-16(26)23(31-20)22-17(27)9-14(35-2)10-18(22)28/h3-4,6,9-13,15,19,24,33H,5,7-8,29H2,1-2H3,(H,32,34). The van der Waals surface area contributed by atoms with Crippen molar-refractivity contribution in [1.82, 2.24) is 10.3 Å². The number of aliphatic hydroxyl groups excluding tert-OH is 1. The minimum absolute atomic E-state index is 0.00943. The van der Waals surface area contributed by atoms with Crippen LogP contribution >= 0.6 is 0 Å². The minimum atomic E-state index is -1.07. The Balaban J connectivity index is 1.59. The molecule has 1 aliphatic carbocycles. The molecule has 0 bridgehead atoms. The molecule has 1 aromatic carbocycles. The molecule has 186 valence electrons. The molecule has 2 aliphatic rings. The first-order chi connectivity index (χ1) is 16.7. The topological polar surface area (TPSA) is 110 Å². The van der Waals surface area contributed by atoms with Gasteiger partial charge in [-0.1, -0.05) is 6.92 Å². The molecular formula is C25H27F3N4O3. The molecule has 1 aromatic heterocycles. The average Bonchev–Trinajstić information content (AvgIpc) is 2.83. The lowest BCUT2D eigenvalue weighted by Gasteiger charge is -2.40. The second-order valence-electron chi connectivity index (χ2n) is 9.07. The van der Waals surface area contributed by atoms with Crippen molar-refractivity contribution in [2.45, 2.75) is 38.3 Å². The number of amides is 1. The number of allylic oxidation sites excluding steroid dienone is 1. The molecule has 1 amide bonds. The van der Waals surface area contributed by atoms with Crippen LogP contribution in [-0.4, -0.2) is 41.5 Å². The number of nitrogens with one attached hydrogen (secondary N) is 1. The SMILES string of the molecule is COc1cc(F)c(-c2nc(C(=O)NC3=CN=CCC3C3CC(C)C(O)C(N)C3)ccc2F)c(F)c1. The number of aliphatic hydroxyl groups is 1. The summed E-state index contributed by atoms with van der Waals surface area (Å²) >= 11 is 0. The van der Waals surface area contributed by atoms with Gasteiger partial charge in [0.2, 0.25) is 0 Å². The van der Waals surface area contributed by atoms with Crippen LogP contribution in [0.15, 0.2) is 41.2 Å². The van der Waals surface area contributed by atoms with Crippen LogP contribution in [0.2, 0.25) is 0 Å². The quantitative estimate of drug-likeness (QED) is 0.596. The number of nitrogens with two attached hydrogens (primary N) is 1. The fraction of sp³-hybridized carbons (Fsp3) is 0.400. The highest BCUT2D eigenvalue weighted by Crippen LogP contribution is 2.38. The van der Waals surface area contributed by atoms with Crippen LogP contribution in [0.4, 0.5) is 13.2 Å². The molecule has 7 nitrogen and oxygen atoms in total. The predicted molar refractivity (Wildman–Crippen MR) is 124 cm³/mol. The largest absolute Gasteiger partial charge is 0.497 e. The van der Waals surface area contributed by atoms with Crippen molar-refractivity contribution in [3.63, 3.8) is 0 Å². The van der Waals surface area contributed by atoms with Crippen LogP contribution in [0.25, 0.3) is 11.3 Å². The number of aromatic nitrogens is 1. The number of hydrogen-bond acceptors (Lipinski definition) is 6. The lowest BCUT2D eigenvalue weighted by molar-refractivity contribution is 0.0279. The molecule has 5 unspecified atom stereocenters. The number of aliphatic imine (C=N–C) groups is 1. The third kappa shape index (κ3) is 5.08. The van der Waals surface area contributed by atoms with E-state index in [0.717, 1.165) is 30.7 Å². The zero-order valence-corrected chi connectivity index (χ0v) is 19.3. The molecule has 0 spiro atoms. The molecule has 0 saturated heterocycles. The summed E-state index contributed by atoms with van der Waals surface area (Å²) in [6.45, 7) is 1.94. The summed E-state index contributed by atoms with van der Waals surface area (Å²) < 4.78 is 48.4. The highest BCUT2D eigenvalue weighted by molar-refractivity contribution is 5.94. The number of methoxy groups -OCH3 is 1. The smallest absolute Gasteiger partial charge is 0.274 e. The fourth-order valence-corrected chi connectivity index (χ4v) is 4.89. The second kappa shape index (κ2) is 10.2. The summed E-state index contributed by atoms with van der Waals surface area (Å²) in [4.78, 5) is 21.1. The maximum absolute atomic E-state index is 14.5. The highest BCUT2D eigenvalue weighted by atomic mass is 19.1. The summed E-state index contributed by atoms with van der Waals surface area (Å²) in [6.07, 6.45) is 4.62. The molecule has 0 radical (unpaired) electrons. The molecule has 1 aliphatic heterocycles. The number of rotatable bonds is 5. The lowest BCUT2D eigenvalue weighted by atomic mass is 9.70. The summed E-state index contributed by atoms with van der Waals surface area (Å²) in [5.74, 6) is -3.82. The molecule has 10 heteroatoms. The normalized spacial score (nSPS) is 26.3. The molecule has 4 rings (SSSR count). The first-order valence-corrected chi connectivity index (χ1v) is 11.4. The molecule has 4 N–H and O–H groups in total. The average molecular weight is 489 g/mol. The van der Waals surface area contributed by atoms with Gasteiger partial charge in [-0.3, -0.25) is 9.79 Å². The number of carbonyl (C=O) groups excluding carboxylic acids is 1. The zero-order chi connectivity index (χ0) is 25.3. The van der Waals surface area contributed by atoms with Gasteiger partial charge in [-0.05, 0) is 43.2 Å². The van der Waals surface area contributed by atoms with E-state index in [1.54, 1.807) is 12.4 Å². The summed E-state index contributed by atoms with van der Waals surface area (Å²) in [7, 11) is 1.25.